The Morgan fingerprint density at radius 3 is 2.24 bits per heavy atom. The summed E-state index contributed by atoms with van der Waals surface area (Å²) in [6.07, 6.45) is 2.33. The molecule has 1 nitrogen and oxygen atoms in total. The smallest absolute Gasteiger partial charge is 0.0991 e. The Morgan fingerprint density at radius 1 is 0.759 bits per heavy atom. The second kappa shape index (κ2) is 9.28. The zero-order valence-electron chi connectivity index (χ0n) is 16.1. The minimum Gasteiger partial charge on any atom is -0.192 e. The van der Waals surface area contributed by atoms with Crippen LogP contribution in [0.25, 0.3) is 16.3 Å². The second-order valence-electron chi connectivity index (χ2n) is 6.87. The summed E-state index contributed by atoms with van der Waals surface area (Å²) >= 11 is 1.88. The standard InChI is InChI=1S/C27H21NS/c28-19-21-10-12-22(13-11-21)20-29-17-16-27(24-7-2-1-3-8-24)26-15-14-23-6-4-5-9-25(23)18-26/h1-16,18H,17,20H2. The van der Waals surface area contributed by atoms with Gasteiger partial charge in [0.2, 0.25) is 0 Å². The zero-order chi connectivity index (χ0) is 19.9. The van der Waals surface area contributed by atoms with Gasteiger partial charge in [0.15, 0.2) is 0 Å². The first-order valence-corrected chi connectivity index (χ1v) is 10.8. The van der Waals surface area contributed by atoms with E-state index in [9.17, 15) is 0 Å². The summed E-state index contributed by atoms with van der Waals surface area (Å²) in [5, 5.41) is 11.4. The summed E-state index contributed by atoms with van der Waals surface area (Å²) in [5.41, 5.74) is 5.70. The molecule has 0 aliphatic carbocycles. The van der Waals surface area contributed by atoms with Crippen molar-refractivity contribution in [2.75, 3.05) is 5.75 Å². The lowest BCUT2D eigenvalue weighted by Gasteiger charge is -2.10. The van der Waals surface area contributed by atoms with Gasteiger partial charge >= 0.3 is 0 Å². The van der Waals surface area contributed by atoms with Crippen molar-refractivity contribution in [3.63, 3.8) is 0 Å². The number of rotatable bonds is 6. The molecule has 0 unspecified atom stereocenters. The summed E-state index contributed by atoms with van der Waals surface area (Å²) in [4.78, 5) is 0. The highest BCUT2D eigenvalue weighted by Gasteiger charge is 2.06. The molecule has 0 bridgehead atoms. The number of nitrogens with zero attached hydrogens (tertiary/aromatic N) is 1. The minimum atomic E-state index is 0.710. The molecule has 4 aromatic carbocycles. The molecule has 0 N–H and O–H groups in total. The zero-order valence-corrected chi connectivity index (χ0v) is 16.9. The Balaban J connectivity index is 1.56. The largest absolute Gasteiger partial charge is 0.192 e. The second-order valence-corrected chi connectivity index (χ2v) is 7.90. The number of hydrogen-bond donors (Lipinski definition) is 0. The van der Waals surface area contributed by atoms with Crippen LogP contribution in [-0.2, 0) is 5.75 Å². The lowest BCUT2D eigenvalue weighted by atomic mass is 9.95. The van der Waals surface area contributed by atoms with Gasteiger partial charge in [-0.05, 0) is 51.2 Å². The molecule has 0 fully saturated rings. The molecule has 0 aromatic heterocycles. The highest BCUT2D eigenvalue weighted by atomic mass is 32.2. The molecule has 2 heteroatoms. The van der Waals surface area contributed by atoms with Crippen LogP contribution in [0.5, 0.6) is 0 Å². The number of fused-ring (bicyclic) bond motifs is 1. The Morgan fingerprint density at radius 2 is 1.48 bits per heavy atom. The predicted molar refractivity (Wildman–Crippen MR) is 125 cm³/mol. The first kappa shape index (κ1) is 19.1. The average molecular weight is 392 g/mol. The van der Waals surface area contributed by atoms with Crippen LogP contribution in [0, 0.1) is 11.3 Å². The highest BCUT2D eigenvalue weighted by molar-refractivity contribution is 7.98. The Labute approximate surface area is 176 Å². The van der Waals surface area contributed by atoms with Gasteiger partial charge in [0.25, 0.3) is 0 Å². The van der Waals surface area contributed by atoms with E-state index in [0.717, 1.165) is 11.5 Å². The number of hydrogen-bond acceptors (Lipinski definition) is 2. The van der Waals surface area contributed by atoms with E-state index < -0.39 is 0 Å². The van der Waals surface area contributed by atoms with Gasteiger partial charge in [0, 0.05) is 11.5 Å². The fraction of sp³-hybridized carbons (Fsp3) is 0.0741. The maximum Gasteiger partial charge on any atom is 0.0991 e. The van der Waals surface area contributed by atoms with Gasteiger partial charge in [-0.15, -0.1) is 0 Å². The van der Waals surface area contributed by atoms with E-state index in [1.54, 1.807) is 0 Å². The van der Waals surface area contributed by atoms with Crippen molar-refractivity contribution in [2.24, 2.45) is 0 Å². The Kier molecular flexibility index (Phi) is 6.10. The molecule has 0 saturated heterocycles. The van der Waals surface area contributed by atoms with E-state index in [1.165, 1.54) is 33.0 Å². The maximum absolute atomic E-state index is 8.92. The van der Waals surface area contributed by atoms with Crippen LogP contribution in [0.15, 0.2) is 103 Å². The van der Waals surface area contributed by atoms with E-state index in [-0.39, 0.29) is 0 Å². The van der Waals surface area contributed by atoms with E-state index >= 15 is 0 Å². The van der Waals surface area contributed by atoms with Crippen molar-refractivity contribution in [1.82, 2.24) is 0 Å². The molecule has 4 aromatic rings. The van der Waals surface area contributed by atoms with Crippen LogP contribution >= 0.6 is 11.8 Å². The molecule has 0 aliphatic rings. The third-order valence-electron chi connectivity index (χ3n) is 4.90. The van der Waals surface area contributed by atoms with Crippen molar-refractivity contribution in [3.8, 4) is 6.07 Å². The number of benzene rings is 4. The van der Waals surface area contributed by atoms with Crippen LogP contribution < -0.4 is 0 Å². The van der Waals surface area contributed by atoms with Gasteiger partial charge in [0.05, 0.1) is 11.6 Å². The molecule has 0 atom stereocenters. The molecular formula is C27H21NS. The predicted octanol–water partition coefficient (Wildman–Crippen LogP) is 7.08. The highest BCUT2D eigenvalue weighted by Crippen LogP contribution is 2.27. The van der Waals surface area contributed by atoms with Crippen molar-refractivity contribution >= 4 is 28.1 Å². The fourth-order valence-electron chi connectivity index (χ4n) is 3.37. The quantitative estimate of drug-likeness (QED) is 0.328. The molecule has 0 radical (unpaired) electrons. The maximum atomic E-state index is 8.92. The van der Waals surface area contributed by atoms with E-state index in [1.807, 2.05) is 36.0 Å². The first-order chi connectivity index (χ1) is 14.3. The lowest BCUT2D eigenvalue weighted by molar-refractivity contribution is 1.39. The average Bonchev–Trinajstić information content (AvgIpc) is 2.80. The fourth-order valence-corrected chi connectivity index (χ4v) is 4.20. The lowest BCUT2D eigenvalue weighted by Crippen LogP contribution is -1.90. The topological polar surface area (TPSA) is 23.8 Å². The van der Waals surface area contributed by atoms with Crippen LogP contribution in [0.3, 0.4) is 0 Å². The summed E-state index contributed by atoms with van der Waals surface area (Å²) < 4.78 is 0. The van der Waals surface area contributed by atoms with Crippen molar-refractivity contribution in [1.29, 1.82) is 5.26 Å². The Hall–Kier alpha value is -3.28. The molecular weight excluding hydrogens is 370 g/mol. The monoisotopic (exact) mass is 391 g/mol. The summed E-state index contributed by atoms with van der Waals surface area (Å²) in [5.74, 6) is 1.86. The molecule has 4 rings (SSSR count). The third-order valence-corrected chi connectivity index (χ3v) is 5.84. The van der Waals surface area contributed by atoms with Crippen LogP contribution in [0.2, 0.25) is 0 Å². The number of nitriles is 1. The van der Waals surface area contributed by atoms with Gasteiger partial charge in [-0.25, -0.2) is 0 Å². The molecule has 0 saturated carbocycles. The minimum absolute atomic E-state index is 0.710. The SMILES string of the molecule is N#Cc1ccc(CSCC=C(c2ccccc2)c2ccc3ccccc3c2)cc1. The van der Waals surface area contributed by atoms with Gasteiger partial charge in [0.1, 0.15) is 0 Å². The van der Waals surface area contributed by atoms with Gasteiger partial charge in [-0.1, -0.05) is 84.9 Å². The molecule has 140 valence electrons. The molecule has 0 spiro atoms. The molecule has 29 heavy (non-hydrogen) atoms. The summed E-state index contributed by atoms with van der Waals surface area (Å²) in [6, 6.07) is 35.8. The van der Waals surface area contributed by atoms with Crippen molar-refractivity contribution < 1.29 is 0 Å². The normalized spacial score (nSPS) is 11.3. The van der Waals surface area contributed by atoms with Crippen molar-refractivity contribution in [2.45, 2.75) is 5.75 Å². The van der Waals surface area contributed by atoms with E-state index in [0.29, 0.717) is 5.56 Å². The van der Waals surface area contributed by atoms with E-state index in [2.05, 4.69) is 84.9 Å². The summed E-state index contributed by atoms with van der Waals surface area (Å²) in [6.45, 7) is 0. The van der Waals surface area contributed by atoms with Crippen LogP contribution in [0.1, 0.15) is 22.3 Å². The van der Waals surface area contributed by atoms with E-state index in [4.69, 9.17) is 5.26 Å². The molecule has 0 heterocycles. The molecule has 0 amide bonds. The van der Waals surface area contributed by atoms with Gasteiger partial charge < -0.3 is 0 Å². The van der Waals surface area contributed by atoms with Crippen LogP contribution in [0.4, 0.5) is 0 Å². The van der Waals surface area contributed by atoms with Gasteiger partial charge in [-0.2, -0.15) is 17.0 Å². The van der Waals surface area contributed by atoms with Crippen molar-refractivity contribution in [3.05, 3.63) is 125 Å². The first-order valence-electron chi connectivity index (χ1n) is 9.65. The van der Waals surface area contributed by atoms with Crippen LogP contribution in [-0.4, -0.2) is 5.75 Å². The summed E-state index contributed by atoms with van der Waals surface area (Å²) in [7, 11) is 0. The number of thioether (sulfide) groups is 1. The molecule has 0 aliphatic heterocycles. The Bertz CT molecular complexity index is 1170. The van der Waals surface area contributed by atoms with Gasteiger partial charge in [-0.3, -0.25) is 0 Å². The third kappa shape index (κ3) is 4.77.